The topological polar surface area (TPSA) is 119 Å². The third kappa shape index (κ3) is 7.20. The predicted molar refractivity (Wildman–Crippen MR) is 76.8 cm³/mol. The molecule has 0 spiro atoms. The van der Waals surface area contributed by atoms with Gasteiger partial charge in [-0.25, -0.2) is 0 Å². The van der Waals surface area contributed by atoms with Gasteiger partial charge in [-0.2, -0.15) is 0 Å². The normalized spacial score (nSPS) is 14.7. The van der Waals surface area contributed by atoms with Crippen LogP contribution in [-0.2, 0) is 9.59 Å². The number of thioether (sulfide) groups is 1. The van der Waals surface area contributed by atoms with Crippen molar-refractivity contribution in [2.45, 2.75) is 38.7 Å². The Balaban J connectivity index is 4.00. The monoisotopic (exact) mass is 308 g/mol. The molecule has 0 saturated heterocycles. The molecule has 0 rings (SSSR count). The maximum atomic E-state index is 11.6. The second-order valence-corrected chi connectivity index (χ2v) is 6.48. The van der Waals surface area contributed by atoms with E-state index in [4.69, 9.17) is 10.2 Å². The fourth-order valence-corrected chi connectivity index (χ4v) is 2.02. The Bertz CT molecular complexity index is 325. The Kier molecular flexibility index (Phi) is 8.99. The van der Waals surface area contributed by atoms with Gasteiger partial charge < -0.3 is 20.6 Å². The third-order valence-corrected chi connectivity index (χ3v) is 3.70. The number of aliphatic hydroxyl groups is 3. The Labute approximate surface area is 123 Å². The molecule has 0 aromatic carbocycles. The SMILES string of the molecule is CC(NCO)SC(=O)CCNC(=O)[C@H](O)C(C)(C)CO. The molecule has 0 aromatic rings. The van der Waals surface area contributed by atoms with Crippen LogP contribution in [0.4, 0.5) is 0 Å². The zero-order valence-corrected chi connectivity index (χ0v) is 12.9. The molecule has 0 bridgehead atoms. The highest BCUT2D eigenvalue weighted by molar-refractivity contribution is 8.14. The maximum Gasteiger partial charge on any atom is 0.249 e. The van der Waals surface area contributed by atoms with Crippen LogP contribution in [0.25, 0.3) is 0 Å². The zero-order chi connectivity index (χ0) is 15.8. The Morgan fingerprint density at radius 1 is 1.30 bits per heavy atom. The molecule has 0 aliphatic carbocycles. The van der Waals surface area contributed by atoms with Crippen molar-refractivity contribution >= 4 is 22.8 Å². The van der Waals surface area contributed by atoms with Gasteiger partial charge in [0.1, 0.15) is 6.10 Å². The maximum absolute atomic E-state index is 11.6. The van der Waals surface area contributed by atoms with E-state index in [0.29, 0.717) is 0 Å². The van der Waals surface area contributed by atoms with Crippen LogP contribution >= 0.6 is 11.8 Å². The van der Waals surface area contributed by atoms with E-state index in [1.165, 1.54) is 0 Å². The summed E-state index contributed by atoms with van der Waals surface area (Å²) in [6.07, 6.45) is -1.20. The standard InChI is InChI=1S/C12H24N2O5S/c1-8(14-7-16)20-9(17)4-5-13-11(19)10(18)12(2,3)6-15/h8,10,14-16,18H,4-7H2,1-3H3,(H,13,19)/t8?,10-/m0/s1. The van der Waals surface area contributed by atoms with E-state index in [0.717, 1.165) is 11.8 Å². The lowest BCUT2D eigenvalue weighted by Crippen LogP contribution is -2.45. The summed E-state index contributed by atoms with van der Waals surface area (Å²) in [6.45, 7) is 4.47. The summed E-state index contributed by atoms with van der Waals surface area (Å²) in [5, 5.41) is 32.2. The first-order valence-electron chi connectivity index (χ1n) is 6.35. The van der Waals surface area contributed by atoms with E-state index in [-0.39, 0.29) is 36.8 Å². The Hall–Kier alpha value is -0.670. The van der Waals surface area contributed by atoms with Crippen LogP contribution in [0.5, 0.6) is 0 Å². The molecule has 0 fully saturated rings. The van der Waals surface area contributed by atoms with Crippen molar-refractivity contribution in [2.24, 2.45) is 5.41 Å². The lowest BCUT2D eigenvalue weighted by atomic mass is 9.87. The van der Waals surface area contributed by atoms with E-state index >= 15 is 0 Å². The van der Waals surface area contributed by atoms with Gasteiger partial charge in [0.05, 0.1) is 18.7 Å². The molecule has 7 nitrogen and oxygen atoms in total. The molecule has 0 saturated carbocycles. The first-order chi connectivity index (χ1) is 9.24. The number of rotatable bonds is 9. The first-order valence-corrected chi connectivity index (χ1v) is 7.23. The number of hydrogen-bond acceptors (Lipinski definition) is 7. The highest BCUT2D eigenvalue weighted by Crippen LogP contribution is 2.19. The fraction of sp³-hybridized carbons (Fsp3) is 0.833. The van der Waals surface area contributed by atoms with Gasteiger partial charge in [0, 0.05) is 18.4 Å². The van der Waals surface area contributed by atoms with Crippen LogP contribution in [0, 0.1) is 5.41 Å². The van der Waals surface area contributed by atoms with Gasteiger partial charge >= 0.3 is 0 Å². The van der Waals surface area contributed by atoms with Gasteiger partial charge in [0.15, 0.2) is 5.12 Å². The first kappa shape index (κ1) is 19.3. The average Bonchev–Trinajstić information content (AvgIpc) is 2.37. The fourth-order valence-electron chi connectivity index (χ4n) is 1.25. The van der Waals surface area contributed by atoms with Crippen LogP contribution in [0.15, 0.2) is 0 Å². The molecule has 2 atom stereocenters. The predicted octanol–water partition coefficient (Wildman–Crippen LogP) is -0.983. The van der Waals surface area contributed by atoms with Crippen LogP contribution < -0.4 is 10.6 Å². The van der Waals surface area contributed by atoms with E-state index in [2.05, 4.69) is 10.6 Å². The molecule has 20 heavy (non-hydrogen) atoms. The van der Waals surface area contributed by atoms with Gasteiger partial charge in [-0.15, -0.1) is 0 Å². The molecular weight excluding hydrogens is 284 g/mol. The smallest absolute Gasteiger partial charge is 0.249 e. The summed E-state index contributed by atoms with van der Waals surface area (Å²) in [5.41, 5.74) is -0.928. The Morgan fingerprint density at radius 2 is 1.90 bits per heavy atom. The highest BCUT2D eigenvalue weighted by atomic mass is 32.2. The van der Waals surface area contributed by atoms with Gasteiger partial charge in [0.2, 0.25) is 5.91 Å². The summed E-state index contributed by atoms with van der Waals surface area (Å²) in [7, 11) is 0. The van der Waals surface area contributed by atoms with Crippen molar-refractivity contribution in [2.75, 3.05) is 19.9 Å². The second-order valence-electron chi connectivity index (χ2n) is 5.08. The van der Waals surface area contributed by atoms with Crippen LogP contribution in [-0.4, -0.2) is 57.7 Å². The summed E-state index contributed by atoms with van der Waals surface area (Å²) in [5.74, 6) is -0.608. The highest BCUT2D eigenvalue weighted by Gasteiger charge is 2.32. The van der Waals surface area contributed by atoms with Crippen molar-refractivity contribution in [3.05, 3.63) is 0 Å². The zero-order valence-electron chi connectivity index (χ0n) is 12.0. The summed E-state index contributed by atoms with van der Waals surface area (Å²) < 4.78 is 0. The number of aliphatic hydroxyl groups excluding tert-OH is 3. The number of carbonyl (C=O) groups is 2. The lowest BCUT2D eigenvalue weighted by Gasteiger charge is -2.27. The summed E-state index contributed by atoms with van der Waals surface area (Å²) >= 11 is 1.03. The lowest BCUT2D eigenvalue weighted by molar-refractivity contribution is -0.137. The molecule has 0 aromatic heterocycles. The third-order valence-electron chi connectivity index (χ3n) is 2.71. The van der Waals surface area contributed by atoms with E-state index in [1.807, 2.05) is 0 Å². The molecule has 8 heteroatoms. The van der Waals surface area contributed by atoms with Crippen LogP contribution in [0.1, 0.15) is 27.2 Å². The number of hydrogen-bond donors (Lipinski definition) is 5. The second kappa shape index (κ2) is 9.30. The molecule has 0 radical (unpaired) electrons. The van der Waals surface area contributed by atoms with E-state index in [1.54, 1.807) is 20.8 Å². The van der Waals surface area contributed by atoms with Crippen molar-refractivity contribution < 1.29 is 24.9 Å². The minimum Gasteiger partial charge on any atom is -0.396 e. The summed E-state index contributed by atoms with van der Waals surface area (Å²) in [6, 6.07) is 0. The van der Waals surface area contributed by atoms with Crippen LogP contribution in [0.3, 0.4) is 0 Å². The molecule has 0 aliphatic heterocycles. The molecule has 0 heterocycles. The van der Waals surface area contributed by atoms with Gasteiger partial charge in [0.25, 0.3) is 0 Å². The Morgan fingerprint density at radius 3 is 2.40 bits per heavy atom. The van der Waals surface area contributed by atoms with Crippen molar-refractivity contribution in [1.29, 1.82) is 0 Å². The van der Waals surface area contributed by atoms with Crippen LogP contribution in [0.2, 0.25) is 0 Å². The van der Waals surface area contributed by atoms with Crippen molar-refractivity contribution in [3.63, 3.8) is 0 Å². The minimum absolute atomic E-state index is 0.120. The molecular formula is C12H24N2O5S. The molecule has 1 amide bonds. The quantitative estimate of drug-likeness (QED) is 0.347. The van der Waals surface area contributed by atoms with Gasteiger partial charge in [-0.05, 0) is 6.92 Å². The van der Waals surface area contributed by atoms with Gasteiger partial charge in [-0.3, -0.25) is 14.9 Å². The van der Waals surface area contributed by atoms with Crippen molar-refractivity contribution in [3.8, 4) is 0 Å². The number of carbonyl (C=O) groups excluding carboxylic acids is 2. The molecule has 1 unspecified atom stereocenters. The molecule has 5 N–H and O–H groups in total. The largest absolute Gasteiger partial charge is 0.396 e. The van der Waals surface area contributed by atoms with Gasteiger partial charge in [-0.1, -0.05) is 25.6 Å². The number of nitrogens with one attached hydrogen (secondary N) is 2. The average molecular weight is 308 g/mol. The van der Waals surface area contributed by atoms with Crippen molar-refractivity contribution in [1.82, 2.24) is 10.6 Å². The molecule has 118 valence electrons. The molecule has 0 aliphatic rings. The number of amides is 1. The minimum atomic E-state index is -1.33. The van der Waals surface area contributed by atoms with E-state index in [9.17, 15) is 14.7 Å². The summed E-state index contributed by atoms with van der Waals surface area (Å²) in [4.78, 5) is 23.1. The van der Waals surface area contributed by atoms with E-state index < -0.39 is 17.4 Å².